The number of amides is 1. The molecule has 0 heterocycles. The minimum Gasteiger partial charge on any atom is -0.322 e. The number of nitrogens with one attached hydrogen (secondary N) is 1. The maximum absolute atomic E-state index is 12.1. The smallest absolute Gasteiger partial charge is 0.294 e. The number of rotatable bonds is 3. The van der Waals surface area contributed by atoms with Gasteiger partial charge in [-0.3, -0.25) is 9.35 Å². The van der Waals surface area contributed by atoms with E-state index >= 15 is 0 Å². The second-order valence-corrected chi connectivity index (χ2v) is 5.60. The lowest BCUT2D eigenvalue weighted by atomic mass is 10.2. The molecule has 0 aliphatic heterocycles. The van der Waals surface area contributed by atoms with Crippen molar-refractivity contribution in [1.29, 1.82) is 0 Å². The van der Waals surface area contributed by atoms with E-state index in [4.69, 9.17) is 11.0 Å². The molecule has 0 spiro atoms. The van der Waals surface area contributed by atoms with Gasteiger partial charge in [0.25, 0.3) is 16.0 Å². The number of benzene rings is 2. The standard InChI is InChI=1S/C15H11NO4S/c1-2-11-5-3-7-13(9-11)16-15(17)12-6-4-8-14(10-12)21(18,19)20/h1,3-10H,(H,16,17)(H,18,19,20). The van der Waals surface area contributed by atoms with Gasteiger partial charge < -0.3 is 5.32 Å². The number of carbonyl (C=O) groups is 1. The molecule has 2 N–H and O–H groups in total. The van der Waals surface area contributed by atoms with Crippen LogP contribution in [0.5, 0.6) is 0 Å². The Morgan fingerprint density at radius 1 is 1.14 bits per heavy atom. The normalized spacial score (nSPS) is 10.7. The van der Waals surface area contributed by atoms with Crippen molar-refractivity contribution in [3.05, 3.63) is 59.7 Å². The quantitative estimate of drug-likeness (QED) is 0.672. The highest BCUT2D eigenvalue weighted by Gasteiger charge is 2.13. The van der Waals surface area contributed by atoms with E-state index in [1.807, 2.05) is 0 Å². The molecule has 6 heteroatoms. The fourth-order valence-electron chi connectivity index (χ4n) is 1.69. The van der Waals surface area contributed by atoms with Crippen LogP contribution < -0.4 is 5.32 Å². The fourth-order valence-corrected chi connectivity index (χ4v) is 2.21. The lowest BCUT2D eigenvalue weighted by Crippen LogP contribution is -2.12. The maximum atomic E-state index is 12.1. The summed E-state index contributed by atoms with van der Waals surface area (Å²) in [5.41, 5.74) is 1.21. The summed E-state index contributed by atoms with van der Waals surface area (Å²) in [7, 11) is -4.35. The second kappa shape index (κ2) is 5.79. The Bertz CT molecular complexity index is 835. The van der Waals surface area contributed by atoms with Gasteiger partial charge in [-0.25, -0.2) is 0 Å². The van der Waals surface area contributed by atoms with E-state index in [0.717, 1.165) is 6.07 Å². The van der Waals surface area contributed by atoms with Gasteiger partial charge in [-0.15, -0.1) is 6.42 Å². The second-order valence-electron chi connectivity index (χ2n) is 4.18. The first-order valence-electron chi connectivity index (χ1n) is 5.86. The van der Waals surface area contributed by atoms with E-state index in [1.54, 1.807) is 24.3 Å². The fraction of sp³-hybridized carbons (Fsp3) is 0. The van der Waals surface area contributed by atoms with Crippen molar-refractivity contribution in [2.45, 2.75) is 4.90 Å². The summed E-state index contributed by atoms with van der Waals surface area (Å²) in [6.45, 7) is 0. The summed E-state index contributed by atoms with van der Waals surface area (Å²) < 4.78 is 31.1. The highest BCUT2D eigenvalue weighted by atomic mass is 32.2. The van der Waals surface area contributed by atoms with Crippen LogP contribution in [0.3, 0.4) is 0 Å². The SMILES string of the molecule is C#Cc1cccc(NC(=O)c2cccc(S(=O)(=O)O)c2)c1. The number of anilines is 1. The first-order chi connectivity index (χ1) is 9.90. The first-order valence-corrected chi connectivity index (χ1v) is 7.30. The Hall–Kier alpha value is -2.62. The molecule has 2 aromatic carbocycles. The van der Waals surface area contributed by atoms with E-state index in [-0.39, 0.29) is 10.5 Å². The number of terminal acetylenes is 1. The first kappa shape index (κ1) is 14.8. The third kappa shape index (κ3) is 3.69. The molecule has 0 aliphatic rings. The van der Waals surface area contributed by atoms with Gasteiger partial charge in [0.2, 0.25) is 0 Å². The molecular weight excluding hydrogens is 290 g/mol. The lowest BCUT2D eigenvalue weighted by molar-refractivity contribution is 0.102. The third-order valence-corrected chi connectivity index (χ3v) is 3.53. The molecule has 0 aromatic heterocycles. The zero-order valence-electron chi connectivity index (χ0n) is 10.8. The number of hydrogen-bond acceptors (Lipinski definition) is 3. The molecule has 2 aromatic rings. The van der Waals surface area contributed by atoms with Crippen LogP contribution >= 0.6 is 0 Å². The van der Waals surface area contributed by atoms with Crippen LogP contribution in [0.25, 0.3) is 0 Å². The summed E-state index contributed by atoms with van der Waals surface area (Å²) in [6.07, 6.45) is 5.27. The Morgan fingerprint density at radius 2 is 1.86 bits per heavy atom. The molecular formula is C15H11NO4S. The largest absolute Gasteiger partial charge is 0.322 e. The van der Waals surface area contributed by atoms with Crippen molar-refractivity contribution >= 4 is 21.7 Å². The average molecular weight is 301 g/mol. The van der Waals surface area contributed by atoms with Crippen LogP contribution in [-0.4, -0.2) is 18.9 Å². The molecule has 0 atom stereocenters. The van der Waals surface area contributed by atoms with Gasteiger partial charge in [0.05, 0.1) is 4.90 Å². The van der Waals surface area contributed by atoms with Crippen molar-refractivity contribution in [1.82, 2.24) is 0 Å². The zero-order valence-corrected chi connectivity index (χ0v) is 11.6. The molecule has 0 aliphatic carbocycles. The molecule has 2 rings (SSSR count). The van der Waals surface area contributed by atoms with E-state index < -0.39 is 16.0 Å². The monoisotopic (exact) mass is 301 g/mol. The molecule has 0 bridgehead atoms. The highest BCUT2D eigenvalue weighted by molar-refractivity contribution is 7.85. The summed E-state index contributed by atoms with van der Waals surface area (Å²) in [5.74, 6) is 1.94. The van der Waals surface area contributed by atoms with Crippen molar-refractivity contribution < 1.29 is 17.8 Å². The summed E-state index contributed by atoms with van der Waals surface area (Å²) in [4.78, 5) is 11.7. The molecule has 0 saturated heterocycles. The minimum absolute atomic E-state index is 0.108. The van der Waals surface area contributed by atoms with Crippen LogP contribution in [-0.2, 0) is 10.1 Å². The van der Waals surface area contributed by atoms with Crippen LogP contribution in [0.2, 0.25) is 0 Å². The Kier molecular flexibility index (Phi) is 4.08. The Morgan fingerprint density at radius 3 is 2.52 bits per heavy atom. The van der Waals surface area contributed by atoms with Crippen molar-refractivity contribution in [2.24, 2.45) is 0 Å². The van der Waals surface area contributed by atoms with Crippen LogP contribution in [0.1, 0.15) is 15.9 Å². The van der Waals surface area contributed by atoms with E-state index in [2.05, 4.69) is 11.2 Å². The van der Waals surface area contributed by atoms with E-state index in [0.29, 0.717) is 11.3 Å². The Balaban J connectivity index is 2.27. The topological polar surface area (TPSA) is 83.5 Å². The van der Waals surface area contributed by atoms with Gasteiger partial charge in [0.15, 0.2) is 0 Å². The summed E-state index contributed by atoms with van der Waals surface area (Å²) >= 11 is 0. The third-order valence-electron chi connectivity index (χ3n) is 2.68. The van der Waals surface area contributed by atoms with Gasteiger partial charge in [-0.05, 0) is 36.4 Å². The number of hydrogen-bond donors (Lipinski definition) is 2. The molecule has 1 amide bonds. The highest BCUT2D eigenvalue weighted by Crippen LogP contribution is 2.14. The van der Waals surface area contributed by atoms with Crippen molar-refractivity contribution in [3.63, 3.8) is 0 Å². The number of carbonyl (C=O) groups excluding carboxylic acids is 1. The minimum atomic E-state index is -4.35. The van der Waals surface area contributed by atoms with Crippen LogP contribution in [0.4, 0.5) is 5.69 Å². The predicted octanol–water partition coefficient (Wildman–Crippen LogP) is 2.17. The lowest BCUT2D eigenvalue weighted by Gasteiger charge is -2.06. The van der Waals surface area contributed by atoms with Gasteiger partial charge in [-0.2, -0.15) is 8.42 Å². The van der Waals surface area contributed by atoms with Gasteiger partial charge in [-0.1, -0.05) is 18.1 Å². The maximum Gasteiger partial charge on any atom is 0.294 e. The summed E-state index contributed by atoms with van der Waals surface area (Å²) in [5, 5.41) is 2.60. The summed E-state index contributed by atoms with van der Waals surface area (Å²) in [6, 6.07) is 11.8. The van der Waals surface area contributed by atoms with Crippen molar-refractivity contribution in [3.8, 4) is 12.3 Å². The Labute approximate surface area is 122 Å². The molecule has 0 fully saturated rings. The van der Waals surface area contributed by atoms with Crippen LogP contribution in [0.15, 0.2) is 53.4 Å². The predicted molar refractivity (Wildman–Crippen MR) is 78.6 cm³/mol. The molecule has 106 valence electrons. The van der Waals surface area contributed by atoms with Crippen molar-refractivity contribution in [2.75, 3.05) is 5.32 Å². The zero-order chi connectivity index (χ0) is 15.5. The molecule has 0 saturated carbocycles. The van der Waals surface area contributed by atoms with E-state index in [1.165, 1.54) is 18.2 Å². The van der Waals surface area contributed by atoms with E-state index in [9.17, 15) is 13.2 Å². The molecule has 0 radical (unpaired) electrons. The van der Waals surface area contributed by atoms with Gasteiger partial charge >= 0.3 is 0 Å². The van der Waals surface area contributed by atoms with Crippen LogP contribution in [0, 0.1) is 12.3 Å². The molecule has 21 heavy (non-hydrogen) atoms. The average Bonchev–Trinajstić information content (AvgIpc) is 2.46. The molecule has 0 unspecified atom stereocenters. The van der Waals surface area contributed by atoms with Gasteiger partial charge in [0.1, 0.15) is 0 Å². The molecule has 5 nitrogen and oxygen atoms in total. The van der Waals surface area contributed by atoms with Gasteiger partial charge in [0, 0.05) is 16.8 Å².